The van der Waals surface area contributed by atoms with E-state index >= 15 is 0 Å². The van der Waals surface area contributed by atoms with E-state index in [1.165, 1.54) is 43.6 Å². The van der Waals surface area contributed by atoms with Crippen molar-refractivity contribution in [3.8, 4) is 0 Å². The zero-order chi connectivity index (χ0) is 15.0. The summed E-state index contributed by atoms with van der Waals surface area (Å²) in [6.07, 6.45) is 3.91. The van der Waals surface area contributed by atoms with Crippen molar-refractivity contribution in [2.24, 2.45) is 5.92 Å². The molecule has 1 fully saturated rings. The molecular formula is C20H26N2. The van der Waals surface area contributed by atoms with E-state index in [0.29, 0.717) is 0 Å². The molecule has 0 radical (unpaired) electrons. The minimum Gasteiger partial charge on any atom is -0.384 e. The van der Waals surface area contributed by atoms with Crippen LogP contribution in [0.25, 0.3) is 0 Å². The highest BCUT2D eigenvalue weighted by atomic mass is 15.1. The number of para-hydroxylation sites is 1. The fraction of sp³-hybridized carbons (Fsp3) is 0.400. The number of nitrogens with one attached hydrogen (secondary N) is 1. The fourth-order valence-corrected chi connectivity index (χ4v) is 3.28. The van der Waals surface area contributed by atoms with Gasteiger partial charge in [0, 0.05) is 18.8 Å². The SMILES string of the molecule is c1ccc(CC2CCN(CCNc3ccccc3)CC2)cc1. The summed E-state index contributed by atoms with van der Waals surface area (Å²) in [4.78, 5) is 2.59. The van der Waals surface area contributed by atoms with Gasteiger partial charge in [-0.2, -0.15) is 0 Å². The van der Waals surface area contributed by atoms with E-state index < -0.39 is 0 Å². The highest BCUT2D eigenvalue weighted by molar-refractivity contribution is 5.42. The smallest absolute Gasteiger partial charge is 0.0340 e. The van der Waals surface area contributed by atoms with E-state index in [2.05, 4.69) is 70.9 Å². The zero-order valence-electron chi connectivity index (χ0n) is 13.2. The molecule has 2 aromatic rings. The number of hydrogen-bond donors (Lipinski definition) is 1. The van der Waals surface area contributed by atoms with Gasteiger partial charge >= 0.3 is 0 Å². The van der Waals surface area contributed by atoms with Gasteiger partial charge in [0.15, 0.2) is 0 Å². The average molecular weight is 294 g/mol. The van der Waals surface area contributed by atoms with Crippen LogP contribution in [0.15, 0.2) is 60.7 Å². The molecule has 2 heteroatoms. The van der Waals surface area contributed by atoms with Gasteiger partial charge in [0.05, 0.1) is 0 Å². The lowest BCUT2D eigenvalue weighted by Crippen LogP contribution is -2.37. The quantitative estimate of drug-likeness (QED) is 0.864. The van der Waals surface area contributed by atoms with Crippen molar-refractivity contribution in [2.75, 3.05) is 31.5 Å². The summed E-state index contributed by atoms with van der Waals surface area (Å²) >= 11 is 0. The number of rotatable bonds is 6. The van der Waals surface area contributed by atoms with Gasteiger partial charge in [0.1, 0.15) is 0 Å². The van der Waals surface area contributed by atoms with Crippen LogP contribution < -0.4 is 5.32 Å². The Morgan fingerprint density at radius 1 is 0.864 bits per heavy atom. The fourth-order valence-electron chi connectivity index (χ4n) is 3.28. The van der Waals surface area contributed by atoms with Crippen molar-refractivity contribution in [1.29, 1.82) is 0 Å². The lowest BCUT2D eigenvalue weighted by molar-refractivity contribution is 0.190. The standard InChI is InChI=1S/C20H26N2/c1-3-7-18(8-4-1)17-19-11-14-22(15-12-19)16-13-21-20-9-5-2-6-10-20/h1-10,19,21H,11-17H2. The largest absolute Gasteiger partial charge is 0.384 e. The third kappa shape index (κ3) is 4.60. The first-order valence-corrected chi connectivity index (χ1v) is 8.45. The summed E-state index contributed by atoms with van der Waals surface area (Å²) in [5.74, 6) is 0.862. The van der Waals surface area contributed by atoms with Gasteiger partial charge in [-0.1, -0.05) is 48.5 Å². The number of hydrogen-bond acceptors (Lipinski definition) is 2. The molecule has 0 saturated carbocycles. The minimum absolute atomic E-state index is 0.862. The third-order valence-electron chi connectivity index (χ3n) is 4.61. The molecule has 0 spiro atoms. The molecule has 1 aliphatic rings. The molecule has 2 aromatic carbocycles. The summed E-state index contributed by atoms with van der Waals surface area (Å²) < 4.78 is 0. The highest BCUT2D eigenvalue weighted by Crippen LogP contribution is 2.21. The maximum absolute atomic E-state index is 3.50. The van der Waals surface area contributed by atoms with Crippen molar-refractivity contribution >= 4 is 5.69 Å². The second-order valence-electron chi connectivity index (χ2n) is 6.27. The Kier molecular flexibility index (Phi) is 5.49. The van der Waals surface area contributed by atoms with E-state index in [4.69, 9.17) is 0 Å². The minimum atomic E-state index is 0.862. The molecule has 0 bridgehead atoms. The predicted molar refractivity (Wildman–Crippen MR) is 94.2 cm³/mol. The van der Waals surface area contributed by atoms with Crippen molar-refractivity contribution in [3.05, 3.63) is 66.2 Å². The van der Waals surface area contributed by atoms with Crippen LogP contribution in [0.2, 0.25) is 0 Å². The summed E-state index contributed by atoms with van der Waals surface area (Å²) in [5.41, 5.74) is 2.72. The molecule has 0 amide bonds. The monoisotopic (exact) mass is 294 g/mol. The lowest BCUT2D eigenvalue weighted by atomic mass is 9.90. The molecular weight excluding hydrogens is 268 g/mol. The van der Waals surface area contributed by atoms with Gasteiger partial charge in [-0.3, -0.25) is 0 Å². The Bertz CT molecular complexity index is 530. The average Bonchev–Trinajstić information content (AvgIpc) is 2.58. The van der Waals surface area contributed by atoms with E-state index in [1.54, 1.807) is 0 Å². The normalized spacial score (nSPS) is 16.5. The molecule has 1 heterocycles. The maximum atomic E-state index is 3.50. The van der Waals surface area contributed by atoms with Crippen LogP contribution in [0, 0.1) is 5.92 Å². The third-order valence-corrected chi connectivity index (χ3v) is 4.61. The lowest BCUT2D eigenvalue weighted by Gasteiger charge is -2.32. The Morgan fingerprint density at radius 2 is 1.50 bits per heavy atom. The van der Waals surface area contributed by atoms with E-state index in [0.717, 1.165) is 19.0 Å². The summed E-state index contributed by atoms with van der Waals surface area (Å²) in [6.45, 7) is 4.67. The van der Waals surface area contributed by atoms with Gasteiger partial charge < -0.3 is 10.2 Å². The Balaban J connectivity index is 1.35. The van der Waals surface area contributed by atoms with Crippen LogP contribution in [-0.4, -0.2) is 31.1 Å². The second-order valence-corrected chi connectivity index (χ2v) is 6.27. The van der Waals surface area contributed by atoms with Crippen LogP contribution in [0.4, 0.5) is 5.69 Å². The van der Waals surface area contributed by atoms with Crippen LogP contribution >= 0.6 is 0 Å². The molecule has 0 unspecified atom stereocenters. The van der Waals surface area contributed by atoms with Gasteiger partial charge in [0.2, 0.25) is 0 Å². The first-order valence-electron chi connectivity index (χ1n) is 8.45. The van der Waals surface area contributed by atoms with Crippen molar-refractivity contribution < 1.29 is 0 Å². The second kappa shape index (κ2) is 8.00. The van der Waals surface area contributed by atoms with Crippen molar-refractivity contribution in [1.82, 2.24) is 4.90 Å². The first kappa shape index (κ1) is 15.1. The van der Waals surface area contributed by atoms with Crippen molar-refractivity contribution in [2.45, 2.75) is 19.3 Å². The zero-order valence-corrected chi connectivity index (χ0v) is 13.2. The van der Waals surface area contributed by atoms with Gasteiger partial charge in [-0.05, 0) is 56.0 Å². The number of anilines is 1. The molecule has 0 atom stereocenters. The number of nitrogens with zero attached hydrogens (tertiary/aromatic N) is 1. The summed E-state index contributed by atoms with van der Waals surface area (Å²) in [7, 11) is 0. The number of piperidine rings is 1. The molecule has 1 N–H and O–H groups in total. The molecule has 3 rings (SSSR count). The Labute approximate surface area is 134 Å². The number of benzene rings is 2. The molecule has 116 valence electrons. The predicted octanol–water partition coefficient (Wildman–Crippen LogP) is 4.05. The number of likely N-dealkylation sites (tertiary alicyclic amines) is 1. The van der Waals surface area contributed by atoms with Crippen LogP contribution in [0.1, 0.15) is 18.4 Å². The van der Waals surface area contributed by atoms with Gasteiger partial charge in [-0.15, -0.1) is 0 Å². The summed E-state index contributed by atoms with van der Waals surface area (Å²) in [6, 6.07) is 21.4. The van der Waals surface area contributed by atoms with Gasteiger partial charge in [-0.25, -0.2) is 0 Å². The maximum Gasteiger partial charge on any atom is 0.0340 e. The Hall–Kier alpha value is -1.80. The van der Waals surface area contributed by atoms with Crippen molar-refractivity contribution in [3.63, 3.8) is 0 Å². The topological polar surface area (TPSA) is 15.3 Å². The van der Waals surface area contributed by atoms with E-state index in [1.807, 2.05) is 0 Å². The van der Waals surface area contributed by atoms with Crippen LogP contribution in [0.3, 0.4) is 0 Å². The van der Waals surface area contributed by atoms with E-state index in [9.17, 15) is 0 Å². The molecule has 22 heavy (non-hydrogen) atoms. The molecule has 2 nitrogen and oxygen atoms in total. The molecule has 1 saturated heterocycles. The Morgan fingerprint density at radius 3 is 2.18 bits per heavy atom. The van der Waals surface area contributed by atoms with Crippen LogP contribution in [0.5, 0.6) is 0 Å². The molecule has 0 aromatic heterocycles. The van der Waals surface area contributed by atoms with Gasteiger partial charge in [0.25, 0.3) is 0 Å². The summed E-state index contributed by atoms with van der Waals surface area (Å²) in [5, 5.41) is 3.50. The molecule has 1 aliphatic heterocycles. The van der Waals surface area contributed by atoms with Crippen LogP contribution in [-0.2, 0) is 6.42 Å². The highest BCUT2D eigenvalue weighted by Gasteiger charge is 2.18. The van der Waals surface area contributed by atoms with E-state index in [-0.39, 0.29) is 0 Å². The molecule has 0 aliphatic carbocycles. The first-order chi connectivity index (χ1) is 10.9.